The molecular formula is C22H27N5O2. The Morgan fingerprint density at radius 1 is 0.966 bits per heavy atom. The molecule has 1 saturated heterocycles. The molecule has 0 radical (unpaired) electrons. The van der Waals surface area contributed by atoms with Gasteiger partial charge in [-0.15, -0.1) is 5.10 Å². The van der Waals surface area contributed by atoms with Crippen molar-refractivity contribution in [2.24, 2.45) is 0 Å². The Labute approximate surface area is 169 Å². The summed E-state index contributed by atoms with van der Waals surface area (Å²) in [5.74, 6) is 1.35. The van der Waals surface area contributed by atoms with Crippen LogP contribution >= 0.6 is 0 Å². The van der Waals surface area contributed by atoms with Gasteiger partial charge in [0.2, 0.25) is 11.7 Å². The monoisotopic (exact) mass is 393 g/mol. The van der Waals surface area contributed by atoms with Crippen LogP contribution in [0.4, 0.5) is 5.95 Å². The van der Waals surface area contributed by atoms with Crippen molar-refractivity contribution < 1.29 is 4.74 Å². The first-order valence-electron chi connectivity index (χ1n) is 10.7. The molecule has 1 aliphatic carbocycles. The maximum absolute atomic E-state index is 13.5. The molecule has 152 valence electrons. The molecule has 3 aromatic rings. The van der Waals surface area contributed by atoms with E-state index in [4.69, 9.17) is 14.8 Å². The number of nitrogens with zero attached hydrogens (tertiary/aromatic N) is 5. The number of anilines is 1. The van der Waals surface area contributed by atoms with Crippen molar-refractivity contribution in [2.45, 2.75) is 45.1 Å². The third kappa shape index (κ3) is 3.55. The van der Waals surface area contributed by atoms with E-state index in [0.29, 0.717) is 31.5 Å². The fraction of sp³-hybridized carbons (Fsp3) is 0.500. The molecule has 7 nitrogen and oxygen atoms in total. The van der Waals surface area contributed by atoms with E-state index in [9.17, 15) is 4.79 Å². The van der Waals surface area contributed by atoms with Crippen LogP contribution in [-0.2, 0) is 24.1 Å². The van der Waals surface area contributed by atoms with Crippen molar-refractivity contribution in [3.05, 3.63) is 57.5 Å². The largest absolute Gasteiger partial charge is 0.378 e. The lowest BCUT2D eigenvalue weighted by molar-refractivity contribution is 0.122. The van der Waals surface area contributed by atoms with Gasteiger partial charge in [-0.2, -0.15) is 4.98 Å². The Balaban J connectivity index is 1.68. The number of morpholine rings is 1. The molecule has 2 aromatic heterocycles. The minimum absolute atomic E-state index is 0.0965. The highest BCUT2D eigenvalue weighted by Crippen LogP contribution is 2.21. The molecular weight excluding hydrogens is 366 g/mol. The summed E-state index contributed by atoms with van der Waals surface area (Å²) >= 11 is 0. The molecule has 0 amide bonds. The summed E-state index contributed by atoms with van der Waals surface area (Å²) in [5.41, 5.74) is 3.17. The summed E-state index contributed by atoms with van der Waals surface area (Å²) in [4.78, 5) is 20.5. The van der Waals surface area contributed by atoms with E-state index in [1.54, 1.807) is 0 Å². The molecule has 5 rings (SSSR count). The van der Waals surface area contributed by atoms with E-state index < -0.39 is 0 Å². The average Bonchev–Trinajstić information content (AvgIpc) is 3.18. The zero-order valence-corrected chi connectivity index (χ0v) is 16.7. The van der Waals surface area contributed by atoms with E-state index in [2.05, 4.69) is 17.0 Å². The first kappa shape index (κ1) is 18.4. The summed E-state index contributed by atoms with van der Waals surface area (Å²) in [6.45, 7) is 3.44. The normalized spacial score (nSPS) is 17.7. The van der Waals surface area contributed by atoms with Crippen molar-refractivity contribution in [2.75, 3.05) is 31.2 Å². The van der Waals surface area contributed by atoms with Gasteiger partial charge in [-0.1, -0.05) is 43.2 Å². The van der Waals surface area contributed by atoms with Crippen molar-refractivity contribution in [1.29, 1.82) is 0 Å². The number of hydrogen-bond donors (Lipinski definition) is 0. The SMILES string of the molecule is O=c1c2c(n3nc(N4CCOCC4)nc3n1Cc1ccccc1)CCCCCC2. The van der Waals surface area contributed by atoms with Crippen molar-refractivity contribution in [3.8, 4) is 0 Å². The Bertz CT molecular complexity index is 1050. The third-order valence-corrected chi connectivity index (χ3v) is 6.00. The minimum Gasteiger partial charge on any atom is -0.378 e. The first-order chi connectivity index (χ1) is 14.3. The molecule has 3 heterocycles. The molecule has 0 unspecified atom stereocenters. The van der Waals surface area contributed by atoms with Crippen molar-refractivity contribution in [3.63, 3.8) is 0 Å². The molecule has 1 fully saturated rings. The quantitative estimate of drug-likeness (QED) is 0.684. The zero-order valence-electron chi connectivity index (χ0n) is 16.7. The predicted octanol–water partition coefficient (Wildman–Crippen LogP) is 2.43. The lowest BCUT2D eigenvalue weighted by atomic mass is 9.98. The minimum atomic E-state index is 0.0965. The fourth-order valence-electron chi connectivity index (χ4n) is 4.42. The number of aryl methyl sites for hydroxylation is 1. The average molecular weight is 393 g/mol. The van der Waals surface area contributed by atoms with Crippen LogP contribution in [-0.4, -0.2) is 45.5 Å². The molecule has 1 aliphatic heterocycles. The van der Waals surface area contributed by atoms with Crippen LogP contribution in [0.5, 0.6) is 0 Å². The van der Waals surface area contributed by atoms with Gasteiger partial charge in [0.1, 0.15) is 0 Å². The Morgan fingerprint density at radius 3 is 2.52 bits per heavy atom. The van der Waals surface area contributed by atoms with Crippen molar-refractivity contribution >= 4 is 11.7 Å². The second-order valence-corrected chi connectivity index (χ2v) is 7.94. The highest BCUT2D eigenvalue weighted by Gasteiger charge is 2.23. The first-order valence-corrected chi connectivity index (χ1v) is 10.7. The van der Waals surface area contributed by atoms with Gasteiger partial charge in [0.25, 0.3) is 5.56 Å². The summed E-state index contributed by atoms with van der Waals surface area (Å²) in [6, 6.07) is 10.1. The zero-order chi connectivity index (χ0) is 19.6. The van der Waals surface area contributed by atoms with E-state index in [0.717, 1.165) is 55.6 Å². The Hall–Kier alpha value is -2.67. The smallest absolute Gasteiger partial charge is 0.258 e. The molecule has 0 bridgehead atoms. The summed E-state index contributed by atoms with van der Waals surface area (Å²) in [7, 11) is 0. The lowest BCUT2D eigenvalue weighted by Crippen LogP contribution is -2.36. The van der Waals surface area contributed by atoms with E-state index in [-0.39, 0.29) is 5.56 Å². The number of fused-ring (bicyclic) bond motifs is 3. The van der Waals surface area contributed by atoms with Crippen LogP contribution in [0.2, 0.25) is 0 Å². The number of aromatic nitrogens is 4. The number of hydrogen-bond acceptors (Lipinski definition) is 5. The summed E-state index contributed by atoms with van der Waals surface area (Å²) in [5, 5.41) is 4.88. The molecule has 1 aromatic carbocycles. The van der Waals surface area contributed by atoms with Gasteiger partial charge in [0.15, 0.2) is 0 Å². The fourth-order valence-corrected chi connectivity index (χ4v) is 4.42. The van der Waals surface area contributed by atoms with Gasteiger partial charge < -0.3 is 9.64 Å². The van der Waals surface area contributed by atoms with Gasteiger partial charge in [0.05, 0.1) is 25.5 Å². The van der Waals surface area contributed by atoms with Crippen LogP contribution in [0.3, 0.4) is 0 Å². The van der Waals surface area contributed by atoms with Crippen LogP contribution < -0.4 is 10.5 Å². The maximum Gasteiger partial charge on any atom is 0.258 e. The van der Waals surface area contributed by atoms with Gasteiger partial charge in [0, 0.05) is 18.7 Å². The highest BCUT2D eigenvalue weighted by molar-refractivity contribution is 5.44. The van der Waals surface area contributed by atoms with Crippen LogP contribution in [0, 0.1) is 0 Å². The van der Waals surface area contributed by atoms with Gasteiger partial charge in [-0.05, 0) is 31.2 Å². The number of rotatable bonds is 3. The standard InChI is InChI=1S/C22H27N5O2/c28-20-18-10-6-1-2-7-11-19(18)27-22(26(20)16-17-8-4-3-5-9-17)23-21(24-27)25-12-14-29-15-13-25/h3-5,8-9H,1-2,6-7,10-16H2. The second kappa shape index (κ2) is 7.99. The van der Waals surface area contributed by atoms with Gasteiger partial charge >= 0.3 is 0 Å². The molecule has 2 aliphatic rings. The second-order valence-electron chi connectivity index (χ2n) is 7.94. The lowest BCUT2D eigenvalue weighted by Gasteiger charge is -2.25. The Morgan fingerprint density at radius 2 is 1.72 bits per heavy atom. The summed E-state index contributed by atoms with van der Waals surface area (Å²) in [6.07, 6.45) is 6.26. The van der Waals surface area contributed by atoms with Crippen LogP contribution in [0.15, 0.2) is 35.1 Å². The molecule has 0 spiro atoms. The number of ether oxygens (including phenoxy) is 1. The van der Waals surface area contributed by atoms with Gasteiger partial charge in [-0.25, -0.2) is 4.52 Å². The molecule has 7 heteroatoms. The van der Waals surface area contributed by atoms with E-state index in [1.165, 1.54) is 12.8 Å². The highest BCUT2D eigenvalue weighted by atomic mass is 16.5. The van der Waals surface area contributed by atoms with Crippen molar-refractivity contribution in [1.82, 2.24) is 19.2 Å². The van der Waals surface area contributed by atoms with E-state index >= 15 is 0 Å². The molecule has 0 atom stereocenters. The topological polar surface area (TPSA) is 64.7 Å². The van der Waals surface area contributed by atoms with Crippen LogP contribution in [0.1, 0.15) is 42.5 Å². The molecule has 0 N–H and O–H groups in total. The van der Waals surface area contributed by atoms with E-state index in [1.807, 2.05) is 27.3 Å². The predicted molar refractivity (Wildman–Crippen MR) is 112 cm³/mol. The maximum atomic E-state index is 13.5. The third-order valence-electron chi connectivity index (χ3n) is 6.00. The summed E-state index contributed by atoms with van der Waals surface area (Å²) < 4.78 is 9.25. The molecule has 0 saturated carbocycles. The molecule has 29 heavy (non-hydrogen) atoms. The Kier molecular flexibility index (Phi) is 5.06. The van der Waals surface area contributed by atoms with Crippen LogP contribution in [0.25, 0.3) is 5.78 Å². The number of benzene rings is 1. The van der Waals surface area contributed by atoms with Gasteiger partial charge in [-0.3, -0.25) is 9.36 Å².